The maximum Gasteiger partial charge on any atom is 0.378 e. The van der Waals surface area contributed by atoms with Crippen LogP contribution < -0.4 is 0 Å². The van der Waals surface area contributed by atoms with Gasteiger partial charge in [-0.2, -0.15) is 0 Å². The van der Waals surface area contributed by atoms with E-state index in [1.54, 1.807) is 6.92 Å². The lowest BCUT2D eigenvalue weighted by Crippen LogP contribution is -2.29. The first-order chi connectivity index (χ1) is 8.90. The molecule has 2 atom stereocenters. The minimum atomic E-state index is -3.09. The quantitative estimate of drug-likeness (QED) is 0.793. The van der Waals surface area contributed by atoms with Gasteiger partial charge >= 0.3 is 5.97 Å². The highest BCUT2D eigenvalue weighted by molar-refractivity contribution is 5.85. The molecule has 1 aromatic rings. The minimum absolute atomic E-state index is 0.107. The largest absolute Gasteiger partial charge is 0.460 e. The zero-order valence-corrected chi connectivity index (χ0v) is 10.6. The van der Waals surface area contributed by atoms with Crippen LogP contribution in [-0.4, -0.2) is 33.3 Å². The van der Waals surface area contributed by atoms with Crippen molar-refractivity contribution >= 4 is 5.97 Å². The number of alkyl halides is 3. The summed E-state index contributed by atoms with van der Waals surface area (Å²) in [6.45, 7) is 3.01. The second kappa shape index (κ2) is 4.82. The zero-order chi connectivity index (χ0) is 14.2. The van der Waals surface area contributed by atoms with Gasteiger partial charge in [0.25, 0.3) is 11.7 Å². The Kier molecular flexibility index (Phi) is 3.51. The predicted octanol–water partition coefficient (Wildman–Crippen LogP) is 2.46. The number of carbonyl (C=O) groups excluding carboxylic acids is 1. The average molecular weight is 277 g/mol. The van der Waals surface area contributed by atoms with Crippen LogP contribution in [-0.2, 0) is 4.74 Å². The molecule has 0 radical (unpaired) electrons. The van der Waals surface area contributed by atoms with Gasteiger partial charge in [0, 0.05) is 12.8 Å². The van der Waals surface area contributed by atoms with Crippen LogP contribution in [0.4, 0.5) is 13.2 Å². The van der Waals surface area contributed by atoms with Gasteiger partial charge in [-0.1, -0.05) is 6.92 Å². The average Bonchev–Trinajstić information content (AvgIpc) is 2.91. The smallest absolute Gasteiger partial charge is 0.378 e. The maximum atomic E-state index is 13.7. The molecular formula is C11H14F3N3O2. The van der Waals surface area contributed by atoms with Crippen LogP contribution in [0.25, 0.3) is 0 Å². The zero-order valence-electron chi connectivity index (χ0n) is 10.6. The van der Waals surface area contributed by atoms with Gasteiger partial charge in [-0.05, 0) is 6.92 Å². The maximum absolute atomic E-state index is 13.7. The molecule has 106 valence electrons. The van der Waals surface area contributed by atoms with Crippen LogP contribution in [0, 0.1) is 0 Å². The van der Waals surface area contributed by atoms with Crippen LogP contribution >= 0.6 is 0 Å². The number of halogens is 3. The Morgan fingerprint density at radius 3 is 2.79 bits per heavy atom. The Bertz CT molecular complexity index is 490. The number of rotatable bonds is 4. The van der Waals surface area contributed by atoms with E-state index in [2.05, 4.69) is 14.8 Å². The van der Waals surface area contributed by atoms with Crippen molar-refractivity contribution in [3.05, 3.63) is 11.6 Å². The molecule has 0 saturated heterocycles. The summed E-state index contributed by atoms with van der Waals surface area (Å²) in [5, 5.41) is 3.67. The van der Waals surface area contributed by atoms with Gasteiger partial charge in [0.1, 0.15) is 6.04 Å². The summed E-state index contributed by atoms with van der Waals surface area (Å²) < 4.78 is 46.6. The van der Waals surface area contributed by atoms with Gasteiger partial charge in [0.05, 0.1) is 6.61 Å². The molecule has 0 spiro atoms. The van der Waals surface area contributed by atoms with E-state index in [-0.39, 0.29) is 24.7 Å². The van der Waals surface area contributed by atoms with Crippen LogP contribution in [0.5, 0.6) is 0 Å². The van der Waals surface area contributed by atoms with E-state index in [4.69, 9.17) is 0 Å². The van der Waals surface area contributed by atoms with Gasteiger partial charge in [-0.3, -0.25) is 0 Å². The molecule has 2 rings (SSSR count). The SMILES string of the molecule is CCOC(=O)c1nc2n(n1)[C@H](C(F)(F)CC)C[C@H]2F. The molecule has 0 amide bonds. The fourth-order valence-corrected chi connectivity index (χ4v) is 2.05. The lowest BCUT2D eigenvalue weighted by atomic mass is 10.1. The Hall–Kier alpha value is -1.60. The summed E-state index contributed by atoms with van der Waals surface area (Å²) >= 11 is 0. The van der Waals surface area contributed by atoms with Crippen molar-refractivity contribution in [2.24, 2.45) is 0 Å². The molecule has 1 aromatic heterocycles. The molecule has 0 saturated carbocycles. The second-order valence-corrected chi connectivity index (χ2v) is 4.29. The molecule has 5 nitrogen and oxygen atoms in total. The van der Waals surface area contributed by atoms with Crippen LogP contribution in [0.1, 0.15) is 55.3 Å². The monoisotopic (exact) mass is 277 g/mol. The lowest BCUT2D eigenvalue weighted by molar-refractivity contribution is -0.0585. The van der Waals surface area contributed by atoms with Crippen molar-refractivity contribution in [3.63, 3.8) is 0 Å². The van der Waals surface area contributed by atoms with Crippen LogP contribution in [0.2, 0.25) is 0 Å². The predicted molar refractivity (Wildman–Crippen MR) is 58.7 cm³/mol. The van der Waals surface area contributed by atoms with Crippen LogP contribution in [0.3, 0.4) is 0 Å². The molecule has 2 heterocycles. The molecule has 8 heteroatoms. The number of hydrogen-bond donors (Lipinski definition) is 0. The summed E-state index contributed by atoms with van der Waals surface area (Å²) in [7, 11) is 0. The summed E-state index contributed by atoms with van der Waals surface area (Å²) in [5.74, 6) is -4.54. The standard InChI is InChI=1S/C11H14F3N3O2/c1-3-11(13,14)7-5-6(12)9-15-8(16-17(7)9)10(18)19-4-2/h6-7H,3-5H2,1-2H3/t6-,7+/m1/s1. The fraction of sp³-hybridized carbons (Fsp3) is 0.727. The van der Waals surface area contributed by atoms with E-state index in [1.807, 2.05) is 0 Å². The number of aromatic nitrogens is 3. The number of carbonyl (C=O) groups is 1. The van der Waals surface area contributed by atoms with Gasteiger partial charge in [0.15, 0.2) is 12.0 Å². The number of fused-ring (bicyclic) bond motifs is 1. The lowest BCUT2D eigenvalue weighted by Gasteiger charge is -2.21. The highest BCUT2D eigenvalue weighted by Gasteiger charge is 2.48. The molecule has 0 aromatic carbocycles. The molecule has 19 heavy (non-hydrogen) atoms. The summed E-state index contributed by atoms with van der Waals surface area (Å²) in [5.41, 5.74) is 0. The van der Waals surface area contributed by atoms with E-state index in [0.29, 0.717) is 0 Å². The van der Waals surface area contributed by atoms with Crippen molar-refractivity contribution in [1.29, 1.82) is 0 Å². The normalized spacial score (nSPS) is 22.4. The van der Waals surface area contributed by atoms with E-state index >= 15 is 0 Å². The summed E-state index contributed by atoms with van der Waals surface area (Å²) in [4.78, 5) is 15.1. The second-order valence-electron chi connectivity index (χ2n) is 4.29. The molecule has 1 aliphatic rings. The van der Waals surface area contributed by atoms with Crippen molar-refractivity contribution < 1.29 is 22.7 Å². The van der Waals surface area contributed by atoms with Crippen LogP contribution in [0.15, 0.2) is 0 Å². The Morgan fingerprint density at radius 1 is 1.53 bits per heavy atom. The van der Waals surface area contributed by atoms with E-state index in [0.717, 1.165) is 4.68 Å². The van der Waals surface area contributed by atoms with E-state index in [1.165, 1.54) is 6.92 Å². The van der Waals surface area contributed by atoms with Crippen molar-refractivity contribution in [2.75, 3.05) is 6.61 Å². The van der Waals surface area contributed by atoms with Gasteiger partial charge in [-0.15, -0.1) is 5.10 Å². The van der Waals surface area contributed by atoms with Gasteiger partial charge in [0.2, 0.25) is 0 Å². The first kappa shape index (κ1) is 13.8. The highest BCUT2D eigenvalue weighted by atomic mass is 19.3. The Morgan fingerprint density at radius 2 is 2.21 bits per heavy atom. The number of esters is 1. The molecular weight excluding hydrogens is 263 g/mol. The first-order valence-corrected chi connectivity index (χ1v) is 6.06. The van der Waals surface area contributed by atoms with Crippen molar-refractivity contribution in [3.8, 4) is 0 Å². The third kappa shape index (κ3) is 2.31. The molecule has 0 unspecified atom stereocenters. The third-order valence-corrected chi connectivity index (χ3v) is 3.08. The highest BCUT2D eigenvalue weighted by Crippen LogP contribution is 2.45. The Balaban J connectivity index is 2.34. The molecule has 0 N–H and O–H groups in total. The van der Waals surface area contributed by atoms with Crippen molar-refractivity contribution in [2.45, 2.75) is 44.8 Å². The number of hydrogen-bond acceptors (Lipinski definition) is 4. The topological polar surface area (TPSA) is 57.0 Å². The molecule has 1 aliphatic heterocycles. The van der Waals surface area contributed by atoms with Gasteiger partial charge in [-0.25, -0.2) is 27.6 Å². The summed E-state index contributed by atoms with van der Waals surface area (Å²) in [6.07, 6.45) is -2.45. The summed E-state index contributed by atoms with van der Waals surface area (Å²) in [6, 6.07) is -1.40. The van der Waals surface area contributed by atoms with Gasteiger partial charge < -0.3 is 4.74 Å². The molecule has 0 bridgehead atoms. The number of ether oxygens (including phenoxy) is 1. The molecule has 0 aliphatic carbocycles. The minimum Gasteiger partial charge on any atom is -0.460 e. The molecule has 0 fully saturated rings. The Labute approximate surface area is 107 Å². The fourth-order valence-electron chi connectivity index (χ4n) is 2.05. The first-order valence-electron chi connectivity index (χ1n) is 6.06. The number of nitrogens with zero attached hydrogens (tertiary/aromatic N) is 3. The van der Waals surface area contributed by atoms with E-state index < -0.39 is 30.5 Å². The van der Waals surface area contributed by atoms with Crippen molar-refractivity contribution in [1.82, 2.24) is 14.8 Å². The van der Waals surface area contributed by atoms with E-state index in [9.17, 15) is 18.0 Å². The third-order valence-electron chi connectivity index (χ3n) is 3.08.